The topological polar surface area (TPSA) is 88.3 Å². The van der Waals surface area contributed by atoms with Gasteiger partial charge in [-0.25, -0.2) is 0 Å². The number of fused-ring (bicyclic) bond motifs is 1. The predicted octanol–water partition coefficient (Wildman–Crippen LogP) is 1.94. The molecule has 1 aromatic carbocycles. The zero-order valence-electron chi connectivity index (χ0n) is 9.83. The summed E-state index contributed by atoms with van der Waals surface area (Å²) >= 11 is 0. The second-order valence-electron chi connectivity index (χ2n) is 4.04. The first-order valence-electron chi connectivity index (χ1n) is 5.52. The van der Waals surface area contributed by atoms with Crippen LogP contribution in [-0.2, 0) is 0 Å². The number of aliphatic hydroxyl groups excluding tert-OH is 1. The fourth-order valence-electron chi connectivity index (χ4n) is 1.77. The molecule has 0 radical (unpaired) electrons. The molecule has 0 aliphatic rings. The minimum atomic E-state index is -0.427. The van der Waals surface area contributed by atoms with Gasteiger partial charge in [0.25, 0.3) is 5.69 Å². The van der Waals surface area contributed by atoms with Crippen molar-refractivity contribution < 1.29 is 10.0 Å². The number of aromatic nitrogens is 1. The molecule has 0 aliphatic carbocycles. The molecule has 1 heterocycles. The second-order valence-corrected chi connectivity index (χ2v) is 4.04. The summed E-state index contributed by atoms with van der Waals surface area (Å²) in [4.78, 5) is 14.4. The summed E-state index contributed by atoms with van der Waals surface area (Å²) in [6, 6.07) is 4.68. The van der Waals surface area contributed by atoms with Gasteiger partial charge < -0.3 is 10.4 Å². The number of rotatable bonds is 4. The SMILES string of the molecule is C[C@@H](CO)Nc1ccc([N+](=O)[O-])c2cnccc12. The Kier molecular flexibility index (Phi) is 3.38. The van der Waals surface area contributed by atoms with E-state index in [1.807, 2.05) is 6.92 Å². The molecule has 18 heavy (non-hydrogen) atoms. The number of aliphatic hydroxyl groups is 1. The molecular weight excluding hydrogens is 234 g/mol. The maximum atomic E-state index is 10.9. The third-order valence-electron chi connectivity index (χ3n) is 2.67. The molecule has 2 rings (SSSR count). The molecule has 1 atom stereocenters. The summed E-state index contributed by atoms with van der Waals surface area (Å²) in [5.74, 6) is 0. The molecule has 0 saturated carbocycles. The highest BCUT2D eigenvalue weighted by atomic mass is 16.6. The van der Waals surface area contributed by atoms with Gasteiger partial charge in [-0.05, 0) is 19.1 Å². The van der Waals surface area contributed by atoms with E-state index in [9.17, 15) is 10.1 Å². The van der Waals surface area contributed by atoms with Crippen molar-refractivity contribution in [2.75, 3.05) is 11.9 Å². The van der Waals surface area contributed by atoms with Crippen LogP contribution in [0.3, 0.4) is 0 Å². The van der Waals surface area contributed by atoms with Crippen LogP contribution >= 0.6 is 0 Å². The zero-order chi connectivity index (χ0) is 13.1. The van der Waals surface area contributed by atoms with E-state index in [0.29, 0.717) is 5.39 Å². The van der Waals surface area contributed by atoms with Gasteiger partial charge in [0.05, 0.1) is 16.9 Å². The number of nitrogens with one attached hydrogen (secondary N) is 1. The number of pyridine rings is 1. The summed E-state index contributed by atoms with van der Waals surface area (Å²) in [6.45, 7) is 1.82. The van der Waals surface area contributed by atoms with E-state index in [1.54, 1.807) is 18.3 Å². The largest absolute Gasteiger partial charge is 0.394 e. The summed E-state index contributed by atoms with van der Waals surface area (Å²) in [5, 5.41) is 24.3. The van der Waals surface area contributed by atoms with Gasteiger partial charge in [-0.2, -0.15) is 0 Å². The Labute approximate surface area is 103 Å². The molecule has 6 nitrogen and oxygen atoms in total. The average Bonchev–Trinajstić information content (AvgIpc) is 2.38. The standard InChI is InChI=1S/C12H13N3O3/c1-8(7-16)14-11-2-3-12(15(17)18)10-6-13-5-4-9(10)11/h2-6,8,14,16H,7H2,1H3/t8-/m0/s1. The fourth-order valence-corrected chi connectivity index (χ4v) is 1.77. The van der Waals surface area contributed by atoms with Crippen LogP contribution in [-0.4, -0.2) is 27.7 Å². The summed E-state index contributed by atoms with van der Waals surface area (Å²) in [7, 11) is 0. The Morgan fingerprint density at radius 2 is 2.22 bits per heavy atom. The Morgan fingerprint density at radius 1 is 1.44 bits per heavy atom. The van der Waals surface area contributed by atoms with Crippen molar-refractivity contribution in [3.63, 3.8) is 0 Å². The van der Waals surface area contributed by atoms with Crippen molar-refractivity contribution in [1.82, 2.24) is 4.98 Å². The molecular formula is C12H13N3O3. The number of non-ortho nitro benzene ring substituents is 1. The lowest BCUT2D eigenvalue weighted by Gasteiger charge is -2.14. The van der Waals surface area contributed by atoms with E-state index in [1.165, 1.54) is 12.3 Å². The first-order chi connectivity index (χ1) is 8.63. The van der Waals surface area contributed by atoms with Crippen LogP contribution in [0.4, 0.5) is 11.4 Å². The molecule has 6 heteroatoms. The van der Waals surface area contributed by atoms with Crippen LogP contribution < -0.4 is 5.32 Å². The molecule has 0 aliphatic heterocycles. The molecule has 0 amide bonds. The molecule has 2 N–H and O–H groups in total. The predicted molar refractivity (Wildman–Crippen MR) is 68.6 cm³/mol. The number of hydrogen-bond donors (Lipinski definition) is 2. The van der Waals surface area contributed by atoms with Crippen LogP contribution in [0.2, 0.25) is 0 Å². The molecule has 2 aromatic rings. The van der Waals surface area contributed by atoms with Crippen LogP contribution in [0.1, 0.15) is 6.92 Å². The normalized spacial score (nSPS) is 12.3. The highest BCUT2D eigenvalue weighted by molar-refractivity contribution is 5.99. The lowest BCUT2D eigenvalue weighted by molar-refractivity contribution is -0.383. The number of hydrogen-bond acceptors (Lipinski definition) is 5. The van der Waals surface area contributed by atoms with Gasteiger partial charge in [-0.1, -0.05) is 0 Å². The van der Waals surface area contributed by atoms with Gasteiger partial charge in [0, 0.05) is 35.6 Å². The number of benzene rings is 1. The van der Waals surface area contributed by atoms with E-state index in [0.717, 1.165) is 11.1 Å². The minimum Gasteiger partial charge on any atom is -0.394 e. The van der Waals surface area contributed by atoms with Crippen LogP contribution in [0.25, 0.3) is 10.8 Å². The van der Waals surface area contributed by atoms with Gasteiger partial charge in [0.15, 0.2) is 0 Å². The third kappa shape index (κ3) is 2.23. The average molecular weight is 247 g/mol. The Hall–Kier alpha value is -2.21. The molecule has 0 saturated heterocycles. The van der Waals surface area contributed by atoms with Gasteiger partial charge in [-0.15, -0.1) is 0 Å². The molecule has 0 fully saturated rings. The van der Waals surface area contributed by atoms with Crippen molar-refractivity contribution in [2.45, 2.75) is 13.0 Å². The first kappa shape index (κ1) is 12.3. The Morgan fingerprint density at radius 3 is 2.89 bits per heavy atom. The highest BCUT2D eigenvalue weighted by Gasteiger charge is 2.14. The van der Waals surface area contributed by atoms with Gasteiger partial charge in [0.1, 0.15) is 0 Å². The van der Waals surface area contributed by atoms with E-state index < -0.39 is 4.92 Å². The maximum Gasteiger partial charge on any atom is 0.278 e. The molecule has 1 aromatic heterocycles. The van der Waals surface area contributed by atoms with Crippen molar-refractivity contribution in [2.24, 2.45) is 0 Å². The van der Waals surface area contributed by atoms with Crippen molar-refractivity contribution in [3.8, 4) is 0 Å². The van der Waals surface area contributed by atoms with Gasteiger partial charge in [-0.3, -0.25) is 15.1 Å². The second kappa shape index (κ2) is 4.97. The van der Waals surface area contributed by atoms with Crippen LogP contribution in [0, 0.1) is 10.1 Å². The zero-order valence-corrected chi connectivity index (χ0v) is 9.83. The molecule has 0 unspecified atom stereocenters. The van der Waals surface area contributed by atoms with Crippen molar-refractivity contribution >= 4 is 22.1 Å². The number of nitro benzene ring substituents is 1. The number of anilines is 1. The maximum absolute atomic E-state index is 10.9. The van der Waals surface area contributed by atoms with Crippen LogP contribution in [0.5, 0.6) is 0 Å². The van der Waals surface area contributed by atoms with Gasteiger partial charge in [0.2, 0.25) is 0 Å². The molecule has 0 spiro atoms. The monoisotopic (exact) mass is 247 g/mol. The number of nitro groups is 1. The lowest BCUT2D eigenvalue weighted by Crippen LogP contribution is -2.19. The summed E-state index contributed by atoms with van der Waals surface area (Å²) < 4.78 is 0. The first-order valence-corrected chi connectivity index (χ1v) is 5.52. The van der Waals surface area contributed by atoms with Crippen molar-refractivity contribution in [3.05, 3.63) is 40.7 Å². The van der Waals surface area contributed by atoms with E-state index in [-0.39, 0.29) is 18.3 Å². The Bertz CT molecular complexity index is 586. The number of nitrogens with zero attached hydrogens (tertiary/aromatic N) is 2. The third-order valence-corrected chi connectivity index (χ3v) is 2.67. The van der Waals surface area contributed by atoms with E-state index >= 15 is 0 Å². The van der Waals surface area contributed by atoms with Gasteiger partial charge >= 0.3 is 0 Å². The smallest absolute Gasteiger partial charge is 0.278 e. The minimum absolute atomic E-state index is 0.0104. The lowest BCUT2D eigenvalue weighted by atomic mass is 10.1. The summed E-state index contributed by atoms with van der Waals surface area (Å²) in [6.07, 6.45) is 3.06. The fraction of sp³-hybridized carbons (Fsp3) is 0.250. The molecule has 94 valence electrons. The molecule has 0 bridgehead atoms. The summed E-state index contributed by atoms with van der Waals surface area (Å²) in [5.41, 5.74) is 0.778. The van der Waals surface area contributed by atoms with Crippen LogP contribution in [0.15, 0.2) is 30.6 Å². The van der Waals surface area contributed by atoms with E-state index in [2.05, 4.69) is 10.3 Å². The van der Waals surface area contributed by atoms with E-state index in [4.69, 9.17) is 5.11 Å². The Balaban J connectivity index is 2.57. The highest BCUT2D eigenvalue weighted by Crippen LogP contribution is 2.30. The quantitative estimate of drug-likeness (QED) is 0.636. The van der Waals surface area contributed by atoms with Crippen molar-refractivity contribution in [1.29, 1.82) is 0 Å².